The maximum absolute atomic E-state index is 12.8. The van der Waals surface area contributed by atoms with Gasteiger partial charge in [-0.05, 0) is 38.2 Å². The summed E-state index contributed by atoms with van der Waals surface area (Å²) in [6, 6.07) is 8.05. The number of hydrogen-bond acceptors (Lipinski definition) is 3. The maximum atomic E-state index is 12.8. The highest BCUT2D eigenvalue weighted by molar-refractivity contribution is 5.90. The van der Waals surface area contributed by atoms with Crippen molar-refractivity contribution in [2.24, 2.45) is 0 Å². The molecule has 0 aromatic heterocycles. The molecule has 1 aromatic carbocycles. The average molecular weight is 330 g/mol. The molecule has 2 aliphatic rings. The van der Waals surface area contributed by atoms with Crippen molar-refractivity contribution in [1.29, 1.82) is 0 Å². The third-order valence-electron chi connectivity index (χ3n) is 4.84. The van der Waals surface area contributed by atoms with Crippen molar-refractivity contribution in [2.45, 2.75) is 51.2 Å². The van der Waals surface area contributed by atoms with Gasteiger partial charge in [0.25, 0.3) is 0 Å². The fourth-order valence-corrected chi connectivity index (χ4v) is 3.36. The maximum Gasteiger partial charge on any atom is 0.245 e. The topological polar surface area (TPSA) is 58.6 Å². The van der Waals surface area contributed by atoms with Gasteiger partial charge in [0, 0.05) is 26.1 Å². The van der Waals surface area contributed by atoms with E-state index in [0.29, 0.717) is 25.9 Å². The van der Waals surface area contributed by atoms with Gasteiger partial charge < -0.3 is 15.0 Å². The first-order valence-electron chi connectivity index (χ1n) is 8.87. The highest BCUT2D eigenvalue weighted by Crippen LogP contribution is 2.17. The predicted octanol–water partition coefficient (Wildman–Crippen LogP) is 1.82. The first kappa shape index (κ1) is 17.0. The van der Waals surface area contributed by atoms with Crippen molar-refractivity contribution < 1.29 is 14.3 Å². The number of nitrogens with zero attached hydrogens (tertiary/aromatic N) is 1. The minimum Gasteiger partial charge on any atom is -0.376 e. The van der Waals surface area contributed by atoms with Crippen molar-refractivity contribution in [3.8, 4) is 0 Å². The zero-order valence-corrected chi connectivity index (χ0v) is 14.3. The Bertz CT molecular complexity index is 579. The fourth-order valence-electron chi connectivity index (χ4n) is 3.36. The van der Waals surface area contributed by atoms with Crippen molar-refractivity contribution in [3.63, 3.8) is 0 Å². The van der Waals surface area contributed by atoms with Gasteiger partial charge in [0.05, 0.1) is 6.10 Å². The second kappa shape index (κ2) is 7.79. The summed E-state index contributed by atoms with van der Waals surface area (Å²) in [6.07, 6.45) is 4.06. The number of carbonyl (C=O) groups excluding carboxylic acids is 2. The second-order valence-corrected chi connectivity index (χ2v) is 6.81. The molecule has 2 aliphatic heterocycles. The molecule has 2 amide bonds. The third-order valence-corrected chi connectivity index (χ3v) is 4.84. The largest absolute Gasteiger partial charge is 0.376 e. The van der Waals surface area contributed by atoms with Crippen LogP contribution in [0.15, 0.2) is 24.3 Å². The molecule has 130 valence electrons. The van der Waals surface area contributed by atoms with Crippen LogP contribution in [-0.4, -0.2) is 48.6 Å². The standard InChI is InChI=1S/C19H26N2O3/c1-14-4-6-15(7-5-14)10-11-21(13-16-3-2-12-24-16)19(23)17-8-9-18(22)20-17/h4-7,16-17H,2-3,8-13H2,1H3,(H,20,22)/t16-,17+/m0/s1. The summed E-state index contributed by atoms with van der Waals surface area (Å²) in [6.45, 7) is 4.13. The zero-order chi connectivity index (χ0) is 16.9. The molecule has 24 heavy (non-hydrogen) atoms. The monoisotopic (exact) mass is 330 g/mol. The van der Waals surface area contributed by atoms with Crippen LogP contribution in [0.5, 0.6) is 0 Å². The number of amides is 2. The molecular formula is C19H26N2O3. The lowest BCUT2D eigenvalue weighted by Crippen LogP contribution is -2.47. The Labute approximate surface area is 143 Å². The lowest BCUT2D eigenvalue weighted by molar-refractivity contribution is -0.135. The van der Waals surface area contributed by atoms with Crippen LogP contribution >= 0.6 is 0 Å². The summed E-state index contributed by atoms with van der Waals surface area (Å²) in [7, 11) is 0. The Morgan fingerprint density at radius 3 is 2.71 bits per heavy atom. The smallest absolute Gasteiger partial charge is 0.245 e. The molecule has 0 radical (unpaired) electrons. The van der Waals surface area contributed by atoms with E-state index >= 15 is 0 Å². The van der Waals surface area contributed by atoms with Crippen LogP contribution in [0.3, 0.4) is 0 Å². The highest BCUT2D eigenvalue weighted by Gasteiger charge is 2.32. The molecule has 0 saturated carbocycles. The first-order chi connectivity index (χ1) is 11.6. The van der Waals surface area contributed by atoms with Crippen molar-refractivity contribution in [1.82, 2.24) is 10.2 Å². The van der Waals surface area contributed by atoms with E-state index in [1.807, 2.05) is 4.90 Å². The number of rotatable bonds is 6. The molecule has 5 heteroatoms. The minimum atomic E-state index is -0.364. The summed E-state index contributed by atoms with van der Waals surface area (Å²) in [5, 5.41) is 2.79. The van der Waals surface area contributed by atoms with E-state index in [4.69, 9.17) is 4.74 Å². The zero-order valence-electron chi connectivity index (χ0n) is 14.3. The Hall–Kier alpha value is -1.88. The van der Waals surface area contributed by atoms with E-state index in [0.717, 1.165) is 25.9 Å². The average Bonchev–Trinajstić information content (AvgIpc) is 3.24. The van der Waals surface area contributed by atoms with Gasteiger partial charge in [-0.3, -0.25) is 9.59 Å². The molecule has 0 aliphatic carbocycles. The van der Waals surface area contributed by atoms with E-state index < -0.39 is 0 Å². The number of carbonyl (C=O) groups is 2. The van der Waals surface area contributed by atoms with Gasteiger partial charge in [0.2, 0.25) is 11.8 Å². The molecule has 0 bridgehead atoms. The van der Waals surface area contributed by atoms with E-state index in [1.54, 1.807) is 0 Å². The minimum absolute atomic E-state index is 0.0241. The van der Waals surface area contributed by atoms with Gasteiger partial charge in [0.15, 0.2) is 0 Å². The third kappa shape index (κ3) is 4.35. The van der Waals surface area contributed by atoms with E-state index in [1.165, 1.54) is 11.1 Å². The number of benzene rings is 1. The lowest BCUT2D eigenvalue weighted by Gasteiger charge is -2.28. The van der Waals surface area contributed by atoms with Crippen LogP contribution in [0.1, 0.15) is 36.8 Å². The molecule has 3 rings (SSSR count). The van der Waals surface area contributed by atoms with Gasteiger partial charge in [-0.15, -0.1) is 0 Å². The quantitative estimate of drug-likeness (QED) is 0.866. The fraction of sp³-hybridized carbons (Fsp3) is 0.579. The second-order valence-electron chi connectivity index (χ2n) is 6.81. The summed E-state index contributed by atoms with van der Waals surface area (Å²) in [5.41, 5.74) is 2.46. The van der Waals surface area contributed by atoms with Crippen LogP contribution in [0.25, 0.3) is 0 Å². The van der Waals surface area contributed by atoms with Crippen LogP contribution in [-0.2, 0) is 20.7 Å². The van der Waals surface area contributed by atoms with Crippen molar-refractivity contribution >= 4 is 11.8 Å². The van der Waals surface area contributed by atoms with Gasteiger partial charge in [-0.2, -0.15) is 0 Å². The molecule has 1 aromatic rings. The number of ether oxygens (including phenoxy) is 1. The Morgan fingerprint density at radius 1 is 1.29 bits per heavy atom. The first-order valence-corrected chi connectivity index (χ1v) is 8.87. The molecule has 2 atom stereocenters. The molecule has 0 spiro atoms. The molecular weight excluding hydrogens is 304 g/mol. The summed E-state index contributed by atoms with van der Waals surface area (Å²) in [5.74, 6) is 0.00686. The van der Waals surface area contributed by atoms with Crippen molar-refractivity contribution in [3.05, 3.63) is 35.4 Å². The molecule has 5 nitrogen and oxygen atoms in total. The van der Waals surface area contributed by atoms with Gasteiger partial charge in [-0.1, -0.05) is 29.8 Å². The van der Waals surface area contributed by atoms with Crippen LogP contribution in [0, 0.1) is 6.92 Å². The van der Waals surface area contributed by atoms with Crippen LogP contribution < -0.4 is 5.32 Å². The van der Waals surface area contributed by atoms with Gasteiger partial charge >= 0.3 is 0 Å². The summed E-state index contributed by atoms with van der Waals surface area (Å²) in [4.78, 5) is 26.1. The molecule has 2 saturated heterocycles. The Morgan fingerprint density at radius 2 is 2.08 bits per heavy atom. The van der Waals surface area contributed by atoms with Crippen LogP contribution in [0.4, 0.5) is 0 Å². The molecule has 2 heterocycles. The van der Waals surface area contributed by atoms with E-state index in [2.05, 4.69) is 36.5 Å². The summed E-state index contributed by atoms with van der Waals surface area (Å²) >= 11 is 0. The SMILES string of the molecule is Cc1ccc(CCN(C[C@@H]2CCCO2)C(=O)[C@H]2CCC(=O)N2)cc1. The molecule has 1 N–H and O–H groups in total. The highest BCUT2D eigenvalue weighted by atomic mass is 16.5. The Kier molecular flexibility index (Phi) is 5.51. The van der Waals surface area contributed by atoms with Crippen LogP contribution in [0.2, 0.25) is 0 Å². The molecule has 2 fully saturated rings. The Balaban J connectivity index is 1.62. The van der Waals surface area contributed by atoms with Gasteiger partial charge in [-0.25, -0.2) is 0 Å². The van der Waals surface area contributed by atoms with Crippen molar-refractivity contribution in [2.75, 3.05) is 19.7 Å². The lowest BCUT2D eigenvalue weighted by atomic mass is 10.1. The number of aryl methyl sites for hydroxylation is 1. The summed E-state index contributed by atoms with van der Waals surface area (Å²) < 4.78 is 5.70. The molecule has 0 unspecified atom stereocenters. The van der Waals surface area contributed by atoms with Gasteiger partial charge in [0.1, 0.15) is 6.04 Å². The van der Waals surface area contributed by atoms with E-state index in [-0.39, 0.29) is 24.0 Å². The number of nitrogens with one attached hydrogen (secondary N) is 1. The number of hydrogen-bond donors (Lipinski definition) is 1. The predicted molar refractivity (Wildman–Crippen MR) is 91.6 cm³/mol. The van der Waals surface area contributed by atoms with E-state index in [9.17, 15) is 9.59 Å². The normalized spacial score (nSPS) is 23.3.